The van der Waals surface area contributed by atoms with E-state index in [4.69, 9.17) is 11.6 Å². The van der Waals surface area contributed by atoms with Crippen LogP contribution in [0.25, 0.3) is 0 Å². The first-order valence-corrected chi connectivity index (χ1v) is 7.80. The molecule has 1 N–H and O–H groups in total. The van der Waals surface area contributed by atoms with Gasteiger partial charge in [0.1, 0.15) is 0 Å². The van der Waals surface area contributed by atoms with Crippen LogP contribution in [-0.2, 0) is 0 Å². The molecule has 1 aromatic carbocycles. The summed E-state index contributed by atoms with van der Waals surface area (Å²) in [5.74, 6) is 0. The van der Waals surface area contributed by atoms with Crippen LogP contribution in [-0.4, -0.2) is 30.6 Å². The largest absolute Gasteiger partial charge is 0.307 e. The fraction of sp³-hybridized carbons (Fsp3) is 0.625. The van der Waals surface area contributed by atoms with E-state index in [1.807, 2.05) is 12.1 Å². The Morgan fingerprint density at radius 3 is 2.74 bits per heavy atom. The van der Waals surface area contributed by atoms with E-state index in [0.717, 1.165) is 5.02 Å². The van der Waals surface area contributed by atoms with E-state index < -0.39 is 0 Å². The molecular formula is C16H25ClN2. The van der Waals surface area contributed by atoms with Crippen LogP contribution in [0.15, 0.2) is 24.3 Å². The minimum Gasteiger partial charge on any atom is -0.307 e. The molecular weight excluding hydrogens is 256 g/mol. The smallest absolute Gasteiger partial charge is 0.0409 e. The molecule has 1 fully saturated rings. The predicted octanol–water partition coefficient (Wildman–Crippen LogP) is 3.87. The maximum absolute atomic E-state index is 6.05. The van der Waals surface area contributed by atoms with Crippen molar-refractivity contribution in [1.82, 2.24) is 10.2 Å². The molecule has 0 amide bonds. The summed E-state index contributed by atoms with van der Waals surface area (Å²) in [5.41, 5.74) is 1.28. The third-order valence-electron chi connectivity index (χ3n) is 3.96. The van der Waals surface area contributed by atoms with Gasteiger partial charge in [0.2, 0.25) is 0 Å². The molecule has 1 aromatic rings. The lowest BCUT2D eigenvalue weighted by Crippen LogP contribution is -2.43. The fourth-order valence-corrected chi connectivity index (χ4v) is 3.06. The zero-order chi connectivity index (χ0) is 13.7. The van der Waals surface area contributed by atoms with Gasteiger partial charge in [0.15, 0.2) is 0 Å². The molecule has 1 saturated heterocycles. The normalized spacial score (nSPS) is 19.5. The summed E-state index contributed by atoms with van der Waals surface area (Å²) in [7, 11) is 0. The van der Waals surface area contributed by atoms with Gasteiger partial charge in [0.05, 0.1) is 0 Å². The second-order valence-electron chi connectivity index (χ2n) is 5.56. The Labute approximate surface area is 122 Å². The molecule has 0 bridgehead atoms. The summed E-state index contributed by atoms with van der Waals surface area (Å²) < 4.78 is 0. The van der Waals surface area contributed by atoms with Crippen molar-refractivity contribution in [2.24, 2.45) is 0 Å². The minimum absolute atomic E-state index is 0.376. The third-order valence-corrected chi connectivity index (χ3v) is 4.20. The molecule has 0 saturated carbocycles. The van der Waals surface area contributed by atoms with Crippen LogP contribution < -0.4 is 5.32 Å². The topological polar surface area (TPSA) is 15.3 Å². The Morgan fingerprint density at radius 1 is 1.37 bits per heavy atom. The van der Waals surface area contributed by atoms with E-state index in [1.165, 1.54) is 44.5 Å². The van der Waals surface area contributed by atoms with E-state index in [2.05, 4.69) is 36.2 Å². The fourth-order valence-electron chi connectivity index (χ4n) is 2.87. The number of nitrogens with zero attached hydrogens (tertiary/aromatic N) is 1. The zero-order valence-corrected chi connectivity index (χ0v) is 12.8. The van der Waals surface area contributed by atoms with Crippen LogP contribution in [0.1, 0.15) is 44.7 Å². The molecule has 0 aromatic heterocycles. The lowest BCUT2D eigenvalue weighted by atomic mass is 10.0. The number of likely N-dealkylation sites (tertiary alicyclic amines) is 1. The van der Waals surface area contributed by atoms with Crippen LogP contribution in [0, 0.1) is 0 Å². The van der Waals surface area contributed by atoms with Gasteiger partial charge in [-0.05, 0) is 63.5 Å². The Morgan fingerprint density at radius 2 is 2.11 bits per heavy atom. The highest BCUT2D eigenvalue weighted by Crippen LogP contribution is 2.20. The number of piperidine rings is 1. The van der Waals surface area contributed by atoms with Gasteiger partial charge in [0, 0.05) is 17.1 Å². The summed E-state index contributed by atoms with van der Waals surface area (Å²) in [5, 5.41) is 4.56. The molecule has 106 valence electrons. The number of hydrogen-bond donors (Lipinski definition) is 1. The SMILES string of the molecule is CCCN1CCC(N[C@@H](C)c2cccc(Cl)c2)CC1. The van der Waals surface area contributed by atoms with Gasteiger partial charge in [-0.25, -0.2) is 0 Å². The standard InChI is InChI=1S/C16H25ClN2/c1-3-9-19-10-7-16(8-11-19)18-13(2)14-5-4-6-15(17)12-14/h4-6,12-13,16,18H,3,7-11H2,1-2H3/t13-/m0/s1. The van der Waals surface area contributed by atoms with E-state index >= 15 is 0 Å². The molecule has 1 heterocycles. The quantitative estimate of drug-likeness (QED) is 0.881. The van der Waals surface area contributed by atoms with Crippen LogP contribution in [0.3, 0.4) is 0 Å². The van der Waals surface area contributed by atoms with Crippen molar-refractivity contribution < 1.29 is 0 Å². The zero-order valence-electron chi connectivity index (χ0n) is 12.0. The van der Waals surface area contributed by atoms with Crippen LogP contribution >= 0.6 is 11.6 Å². The third kappa shape index (κ3) is 4.48. The van der Waals surface area contributed by atoms with Crippen molar-refractivity contribution in [2.45, 2.75) is 45.2 Å². The van der Waals surface area contributed by atoms with Crippen molar-refractivity contribution in [3.05, 3.63) is 34.9 Å². The Balaban J connectivity index is 1.82. The average Bonchev–Trinajstić information content (AvgIpc) is 2.41. The monoisotopic (exact) mass is 280 g/mol. The summed E-state index contributed by atoms with van der Waals surface area (Å²) in [4.78, 5) is 2.57. The summed E-state index contributed by atoms with van der Waals surface area (Å²) in [6.07, 6.45) is 3.77. The lowest BCUT2D eigenvalue weighted by molar-refractivity contribution is 0.192. The van der Waals surface area contributed by atoms with E-state index in [-0.39, 0.29) is 0 Å². The van der Waals surface area contributed by atoms with Gasteiger partial charge in [0.25, 0.3) is 0 Å². The molecule has 0 radical (unpaired) electrons. The van der Waals surface area contributed by atoms with Gasteiger partial charge in [-0.15, -0.1) is 0 Å². The summed E-state index contributed by atoms with van der Waals surface area (Å²) in [6, 6.07) is 9.19. The van der Waals surface area contributed by atoms with E-state index in [9.17, 15) is 0 Å². The molecule has 1 aliphatic rings. The highest BCUT2D eigenvalue weighted by atomic mass is 35.5. The first-order chi connectivity index (χ1) is 9.19. The van der Waals surface area contributed by atoms with Gasteiger partial charge in [-0.1, -0.05) is 30.7 Å². The second kappa shape index (κ2) is 7.28. The van der Waals surface area contributed by atoms with Crippen molar-refractivity contribution in [3.63, 3.8) is 0 Å². The molecule has 0 aliphatic carbocycles. The van der Waals surface area contributed by atoms with E-state index in [0.29, 0.717) is 12.1 Å². The highest BCUT2D eigenvalue weighted by molar-refractivity contribution is 6.30. The number of nitrogens with one attached hydrogen (secondary N) is 1. The Bertz CT molecular complexity index is 386. The first-order valence-electron chi connectivity index (χ1n) is 7.43. The van der Waals surface area contributed by atoms with Crippen molar-refractivity contribution in [2.75, 3.05) is 19.6 Å². The van der Waals surface area contributed by atoms with Crippen LogP contribution in [0.4, 0.5) is 0 Å². The average molecular weight is 281 g/mol. The van der Waals surface area contributed by atoms with Crippen molar-refractivity contribution >= 4 is 11.6 Å². The Hall–Kier alpha value is -0.570. The molecule has 2 nitrogen and oxygen atoms in total. The van der Waals surface area contributed by atoms with E-state index in [1.54, 1.807) is 0 Å². The van der Waals surface area contributed by atoms with Crippen molar-refractivity contribution in [1.29, 1.82) is 0 Å². The minimum atomic E-state index is 0.376. The maximum Gasteiger partial charge on any atom is 0.0409 e. The molecule has 3 heteroatoms. The Kier molecular flexibility index (Phi) is 5.68. The number of halogens is 1. The number of hydrogen-bond acceptors (Lipinski definition) is 2. The van der Waals surface area contributed by atoms with Gasteiger partial charge < -0.3 is 10.2 Å². The number of benzene rings is 1. The van der Waals surface area contributed by atoms with Crippen LogP contribution in [0.5, 0.6) is 0 Å². The maximum atomic E-state index is 6.05. The van der Waals surface area contributed by atoms with Gasteiger partial charge >= 0.3 is 0 Å². The molecule has 0 unspecified atom stereocenters. The summed E-state index contributed by atoms with van der Waals surface area (Å²) >= 11 is 6.05. The molecule has 1 atom stereocenters. The first kappa shape index (κ1) is 14.8. The van der Waals surface area contributed by atoms with Crippen LogP contribution in [0.2, 0.25) is 5.02 Å². The molecule has 19 heavy (non-hydrogen) atoms. The van der Waals surface area contributed by atoms with Crippen molar-refractivity contribution in [3.8, 4) is 0 Å². The van der Waals surface area contributed by atoms with Gasteiger partial charge in [-0.3, -0.25) is 0 Å². The summed E-state index contributed by atoms with van der Waals surface area (Å²) in [6.45, 7) is 8.19. The highest BCUT2D eigenvalue weighted by Gasteiger charge is 2.20. The number of rotatable bonds is 5. The molecule has 0 spiro atoms. The molecule has 2 rings (SSSR count). The predicted molar refractivity (Wildman–Crippen MR) is 82.8 cm³/mol. The second-order valence-corrected chi connectivity index (χ2v) is 6.00. The lowest BCUT2D eigenvalue weighted by Gasteiger charge is -2.33. The molecule has 1 aliphatic heterocycles. The van der Waals surface area contributed by atoms with Gasteiger partial charge in [-0.2, -0.15) is 0 Å².